The van der Waals surface area contributed by atoms with Crippen molar-refractivity contribution in [2.45, 2.75) is 13.5 Å². The van der Waals surface area contributed by atoms with Crippen molar-refractivity contribution < 1.29 is 23.9 Å². The molecule has 4 aromatic rings. The molecule has 4 heterocycles. The maximum absolute atomic E-state index is 13.5. The van der Waals surface area contributed by atoms with Crippen molar-refractivity contribution in [2.24, 2.45) is 0 Å². The van der Waals surface area contributed by atoms with Gasteiger partial charge >= 0.3 is 6.03 Å². The van der Waals surface area contributed by atoms with Gasteiger partial charge in [-0.1, -0.05) is 41.4 Å². The minimum absolute atomic E-state index is 0.0251. The lowest BCUT2D eigenvalue weighted by atomic mass is 9.97. The fraction of sp³-hybridized carbons (Fsp3) is 0.368. The molecule has 2 fully saturated rings. The zero-order valence-electron chi connectivity index (χ0n) is 30.4. The van der Waals surface area contributed by atoms with Crippen molar-refractivity contribution >= 4 is 52.4 Å². The molecule has 0 unspecified atom stereocenters. The molecule has 6 rings (SSSR count). The van der Waals surface area contributed by atoms with Crippen molar-refractivity contribution in [1.29, 1.82) is 0 Å². The molecule has 15 nitrogen and oxygen atoms in total. The molecule has 2 aliphatic heterocycles. The zero-order valence-corrected chi connectivity index (χ0v) is 31.9. The Kier molecular flexibility index (Phi) is 13.8. The van der Waals surface area contributed by atoms with Crippen LogP contribution in [0, 0.1) is 0 Å². The van der Waals surface area contributed by atoms with Crippen LogP contribution in [0.1, 0.15) is 27.6 Å². The number of nitrogens with zero attached hydrogens (tertiary/aromatic N) is 5. The first-order valence-corrected chi connectivity index (χ1v) is 18.9. The van der Waals surface area contributed by atoms with Gasteiger partial charge < -0.3 is 30.7 Å². The molecule has 0 saturated carbocycles. The number of nitrogens with one attached hydrogen (secondary N) is 4. The van der Waals surface area contributed by atoms with E-state index in [0.717, 1.165) is 26.2 Å². The first kappa shape index (κ1) is 39.8. The summed E-state index contributed by atoms with van der Waals surface area (Å²) in [5, 5.41) is 16.0. The van der Waals surface area contributed by atoms with E-state index in [9.17, 15) is 19.2 Å². The Bertz CT molecular complexity index is 1990. The molecule has 4 amide bonds. The van der Waals surface area contributed by atoms with Crippen molar-refractivity contribution in [3.05, 3.63) is 92.5 Å². The molecule has 0 atom stereocenters. The SMILES string of the molecule is CCn1nc(-c2cccc(-c3cc(C(=O)NCCN4CCOCC4)cc(C(=O)NCCN4CCOCC4)c3)c2)cc(NC(=O)Nc2c(Cl)cncc2Cl)c1=O. The highest BCUT2D eigenvalue weighted by Gasteiger charge is 2.19. The maximum atomic E-state index is 13.5. The quantitative estimate of drug-likeness (QED) is 0.155. The van der Waals surface area contributed by atoms with Gasteiger partial charge in [-0.2, -0.15) is 5.10 Å². The number of urea groups is 1. The number of rotatable bonds is 13. The average molecular weight is 793 g/mol. The molecule has 2 aromatic carbocycles. The van der Waals surface area contributed by atoms with Crippen LogP contribution in [-0.4, -0.2) is 121 Å². The standard InChI is InChI=1S/C38H43Cl2N9O6/c1-2-49-37(52)33(44-38(53)45-34-30(39)23-41-24-31(34)40)22-32(46-49)26-5-3-4-25(18-26)27-19-28(35(50)42-6-8-47-10-14-54-15-11-47)21-29(20-27)36(51)43-7-9-48-12-16-55-17-13-48/h3-5,18-24H,2,6-17H2,1H3,(H,42,50)(H,43,51)(H2,41,44,45,53). The Hall–Kier alpha value is -4.90. The number of aryl methyl sites for hydroxylation is 1. The van der Waals surface area contributed by atoms with Gasteiger partial charge in [-0.25, -0.2) is 9.48 Å². The van der Waals surface area contributed by atoms with Gasteiger partial charge in [0.05, 0.1) is 47.9 Å². The number of benzene rings is 2. The van der Waals surface area contributed by atoms with Crippen LogP contribution in [0.15, 0.2) is 65.7 Å². The van der Waals surface area contributed by atoms with Crippen LogP contribution in [-0.2, 0) is 16.0 Å². The molecule has 55 heavy (non-hydrogen) atoms. The first-order chi connectivity index (χ1) is 26.7. The van der Waals surface area contributed by atoms with Crippen LogP contribution < -0.4 is 26.8 Å². The number of anilines is 2. The van der Waals surface area contributed by atoms with Gasteiger partial charge in [0.15, 0.2) is 0 Å². The number of amides is 4. The fourth-order valence-electron chi connectivity index (χ4n) is 6.21. The fourth-order valence-corrected chi connectivity index (χ4v) is 6.67. The summed E-state index contributed by atoms with van der Waals surface area (Å²) in [5.74, 6) is -0.595. The zero-order chi connectivity index (χ0) is 38.7. The molecule has 0 spiro atoms. The van der Waals surface area contributed by atoms with Crippen LogP contribution in [0.3, 0.4) is 0 Å². The Morgan fingerprint density at radius 1 is 0.745 bits per heavy atom. The molecular formula is C38H43Cl2N9O6. The highest BCUT2D eigenvalue weighted by atomic mass is 35.5. The summed E-state index contributed by atoms with van der Waals surface area (Å²) in [6, 6.07) is 13.2. The third-order valence-electron chi connectivity index (χ3n) is 9.20. The van der Waals surface area contributed by atoms with Crippen molar-refractivity contribution in [3.8, 4) is 22.4 Å². The predicted molar refractivity (Wildman–Crippen MR) is 211 cm³/mol. The second-order valence-electron chi connectivity index (χ2n) is 12.9. The van der Waals surface area contributed by atoms with Crippen LogP contribution in [0.25, 0.3) is 22.4 Å². The monoisotopic (exact) mass is 791 g/mol. The van der Waals surface area contributed by atoms with E-state index in [4.69, 9.17) is 32.7 Å². The largest absolute Gasteiger partial charge is 0.379 e. The number of hydrogen-bond donors (Lipinski definition) is 4. The number of aromatic nitrogens is 3. The van der Waals surface area contributed by atoms with Gasteiger partial charge in [0.1, 0.15) is 5.69 Å². The van der Waals surface area contributed by atoms with E-state index in [-0.39, 0.29) is 39.8 Å². The molecule has 2 saturated heterocycles. The highest BCUT2D eigenvalue weighted by molar-refractivity contribution is 6.39. The van der Waals surface area contributed by atoms with Crippen LogP contribution in [0.2, 0.25) is 10.0 Å². The topological polar surface area (TPSA) is 172 Å². The summed E-state index contributed by atoms with van der Waals surface area (Å²) in [5.41, 5.74) is 2.65. The number of carbonyl (C=O) groups is 3. The maximum Gasteiger partial charge on any atom is 0.323 e. The number of carbonyl (C=O) groups excluding carboxylic acids is 3. The molecule has 0 bridgehead atoms. The highest BCUT2D eigenvalue weighted by Crippen LogP contribution is 2.30. The van der Waals surface area contributed by atoms with Crippen LogP contribution in [0.5, 0.6) is 0 Å². The molecule has 17 heteroatoms. The summed E-state index contributed by atoms with van der Waals surface area (Å²) in [7, 11) is 0. The number of morpholine rings is 2. The molecule has 0 aliphatic carbocycles. The second-order valence-corrected chi connectivity index (χ2v) is 13.7. The summed E-state index contributed by atoms with van der Waals surface area (Å²) in [6.07, 6.45) is 2.67. The van der Waals surface area contributed by atoms with Crippen molar-refractivity contribution in [1.82, 2.24) is 35.2 Å². The van der Waals surface area contributed by atoms with Crippen molar-refractivity contribution in [2.75, 3.05) is 89.4 Å². The number of halogens is 2. The van der Waals surface area contributed by atoms with Crippen LogP contribution >= 0.6 is 23.2 Å². The molecule has 290 valence electrons. The van der Waals surface area contributed by atoms with Gasteiger partial charge in [-0.3, -0.25) is 29.2 Å². The lowest BCUT2D eigenvalue weighted by molar-refractivity contribution is 0.0382. The average Bonchev–Trinajstić information content (AvgIpc) is 3.20. The van der Waals surface area contributed by atoms with Gasteiger partial charge in [0.2, 0.25) is 0 Å². The summed E-state index contributed by atoms with van der Waals surface area (Å²) in [6.45, 7) is 10.1. The first-order valence-electron chi connectivity index (χ1n) is 18.1. The smallest absolute Gasteiger partial charge is 0.323 e. The minimum atomic E-state index is -0.739. The molecule has 4 N–H and O–H groups in total. The normalized spacial score (nSPS) is 15.0. The Morgan fingerprint density at radius 2 is 1.31 bits per heavy atom. The van der Waals surface area contributed by atoms with Crippen LogP contribution in [0.4, 0.5) is 16.2 Å². The molecule has 2 aromatic heterocycles. The summed E-state index contributed by atoms with van der Waals surface area (Å²) < 4.78 is 12.1. The number of pyridine rings is 1. The van der Waals surface area contributed by atoms with Crippen molar-refractivity contribution in [3.63, 3.8) is 0 Å². The number of ether oxygens (including phenoxy) is 2. The van der Waals surface area contributed by atoms with Gasteiger partial charge in [-0.15, -0.1) is 0 Å². The van der Waals surface area contributed by atoms with E-state index in [2.05, 4.69) is 41.1 Å². The third-order valence-corrected chi connectivity index (χ3v) is 9.77. The summed E-state index contributed by atoms with van der Waals surface area (Å²) >= 11 is 12.3. The lowest BCUT2D eigenvalue weighted by Crippen LogP contribution is -2.41. The van der Waals surface area contributed by atoms with E-state index < -0.39 is 11.6 Å². The molecule has 0 radical (unpaired) electrons. The van der Waals surface area contributed by atoms with Gasteiger partial charge in [0, 0.05) is 88.0 Å². The van der Waals surface area contributed by atoms with Gasteiger partial charge in [-0.05, 0) is 48.4 Å². The Morgan fingerprint density at radius 3 is 1.87 bits per heavy atom. The predicted octanol–water partition coefficient (Wildman–Crippen LogP) is 4.07. The minimum Gasteiger partial charge on any atom is -0.379 e. The second kappa shape index (κ2) is 19.1. The van der Waals surface area contributed by atoms with E-state index in [1.165, 1.54) is 23.1 Å². The van der Waals surface area contributed by atoms with Gasteiger partial charge in [0.25, 0.3) is 17.4 Å². The Labute approximate surface area is 328 Å². The van der Waals surface area contributed by atoms with E-state index in [1.807, 2.05) is 24.3 Å². The van der Waals surface area contributed by atoms with E-state index in [1.54, 1.807) is 25.1 Å². The lowest BCUT2D eigenvalue weighted by Gasteiger charge is -2.26. The molecular weight excluding hydrogens is 749 g/mol. The summed E-state index contributed by atoms with van der Waals surface area (Å²) in [4.78, 5) is 61.6. The molecule has 2 aliphatic rings. The number of hydrogen-bond acceptors (Lipinski definition) is 10. The third kappa shape index (κ3) is 10.7. The van der Waals surface area contributed by atoms with E-state index in [0.29, 0.717) is 86.1 Å². The van der Waals surface area contributed by atoms with E-state index >= 15 is 0 Å². The Balaban J connectivity index is 1.26.